The van der Waals surface area contributed by atoms with E-state index in [9.17, 15) is 4.79 Å². The van der Waals surface area contributed by atoms with Gasteiger partial charge in [0.25, 0.3) is 0 Å². The van der Waals surface area contributed by atoms with Crippen LogP contribution >= 0.6 is 11.3 Å². The predicted octanol–water partition coefficient (Wildman–Crippen LogP) is 4.68. The first kappa shape index (κ1) is 16.9. The number of rotatable bonds is 3. The number of H-pyrrole nitrogens is 1. The molecule has 0 radical (unpaired) electrons. The van der Waals surface area contributed by atoms with Crippen LogP contribution in [0.15, 0.2) is 47.8 Å². The van der Waals surface area contributed by atoms with Crippen molar-refractivity contribution in [1.82, 2.24) is 15.0 Å². The zero-order chi connectivity index (χ0) is 19.5. The highest BCUT2D eigenvalue weighted by atomic mass is 32.1. The van der Waals surface area contributed by atoms with Crippen molar-refractivity contribution in [3.63, 3.8) is 0 Å². The molecule has 1 aliphatic rings. The van der Waals surface area contributed by atoms with Gasteiger partial charge in [0.2, 0.25) is 11.9 Å². The van der Waals surface area contributed by atoms with Gasteiger partial charge >= 0.3 is 0 Å². The van der Waals surface area contributed by atoms with E-state index in [-0.39, 0.29) is 5.91 Å². The minimum atomic E-state index is -0.522. The second kappa shape index (κ2) is 5.90. The minimum Gasteiger partial charge on any atom is -0.324 e. The lowest BCUT2D eigenvalue weighted by Gasteiger charge is -2.16. The number of nitrogens with one attached hydrogen (secondary N) is 2. The summed E-state index contributed by atoms with van der Waals surface area (Å²) in [6.07, 6.45) is 0. The summed E-state index contributed by atoms with van der Waals surface area (Å²) in [6, 6.07) is 14.0. The summed E-state index contributed by atoms with van der Waals surface area (Å²) in [5.74, 6) is 0.787. The van der Waals surface area contributed by atoms with E-state index in [0.29, 0.717) is 5.95 Å². The average Bonchev–Trinajstić information content (AvgIpc) is 3.36. The van der Waals surface area contributed by atoms with Crippen LogP contribution in [0.25, 0.3) is 22.3 Å². The van der Waals surface area contributed by atoms with E-state index in [0.717, 1.165) is 38.7 Å². The highest BCUT2D eigenvalue weighted by molar-refractivity contribution is 7.14. The van der Waals surface area contributed by atoms with Gasteiger partial charge in [-0.1, -0.05) is 18.2 Å². The number of carbonyl (C=O) groups is 1. The molecule has 140 valence electrons. The zero-order valence-corrected chi connectivity index (χ0v) is 16.6. The standard InChI is InChI=1S/C21H19N5OS/c1-21(2)13-10-12(8-9-17(13)26(3)18(21)27)16-11-28-20(24-16)25-19-22-14-6-4-5-7-15(14)23-19/h4-11H,1-3H3,(H2,22,23,24,25). The molecule has 3 heterocycles. The van der Waals surface area contributed by atoms with Crippen molar-refractivity contribution in [3.05, 3.63) is 53.4 Å². The van der Waals surface area contributed by atoms with Crippen molar-refractivity contribution in [1.29, 1.82) is 0 Å². The lowest BCUT2D eigenvalue weighted by molar-refractivity contribution is -0.121. The number of nitrogens with zero attached hydrogens (tertiary/aromatic N) is 3. The normalized spacial score (nSPS) is 15.2. The summed E-state index contributed by atoms with van der Waals surface area (Å²) < 4.78 is 0. The number of benzene rings is 2. The van der Waals surface area contributed by atoms with E-state index < -0.39 is 5.41 Å². The number of anilines is 3. The Labute approximate surface area is 166 Å². The van der Waals surface area contributed by atoms with Gasteiger partial charge in [0.05, 0.1) is 22.1 Å². The van der Waals surface area contributed by atoms with E-state index in [2.05, 4.69) is 21.4 Å². The number of aromatic amines is 1. The molecule has 4 aromatic rings. The SMILES string of the molecule is CN1C(=O)C(C)(C)c2cc(-c3csc(Nc4nc5ccccc5[nH]4)n3)ccc21. The van der Waals surface area contributed by atoms with Crippen LogP contribution in [0.5, 0.6) is 0 Å². The van der Waals surface area contributed by atoms with Crippen molar-refractivity contribution in [2.75, 3.05) is 17.3 Å². The highest BCUT2D eigenvalue weighted by Crippen LogP contribution is 2.42. The number of likely N-dealkylation sites (N-methyl/N-ethyl adjacent to an activating group) is 1. The van der Waals surface area contributed by atoms with Crippen LogP contribution in [0.3, 0.4) is 0 Å². The van der Waals surface area contributed by atoms with Gasteiger partial charge in [0.1, 0.15) is 0 Å². The van der Waals surface area contributed by atoms with Gasteiger partial charge in [0.15, 0.2) is 5.13 Å². The van der Waals surface area contributed by atoms with Crippen molar-refractivity contribution < 1.29 is 4.79 Å². The van der Waals surface area contributed by atoms with E-state index in [1.807, 2.05) is 62.7 Å². The summed E-state index contributed by atoms with van der Waals surface area (Å²) in [5.41, 5.74) is 5.26. The molecule has 2 aromatic heterocycles. The van der Waals surface area contributed by atoms with Crippen LogP contribution in [0.2, 0.25) is 0 Å². The molecule has 0 saturated carbocycles. The number of para-hydroxylation sites is 2. The van der Waals surface area contributed by atoms with E-state index in [1.54, 1.807) is 4.90 Å². The summed E-state index contributed by atoms with van der Waals surface area (Å²) in [4.78, 5) is 26.7. The Morgan fingerprint density at radius 1 is 1.14 bits per heavy atom. The summed E-state index contributed by atoms with van der Waals surface area (Å²) in [7, 11) is 1.83. The Balaban J connectivity index is 1.45. The van der Waals surface area contributed by atoms with Gasteiger partial charge in [-0.15, -0.1) is 11.3 Å². The molecule has 0 fully saturated rings. The molecule has 1 amide bonds. The fraction of sp³-hybridized carbons (Fsp3) is 0.190. The zero-order valence-electron chi connectivity index (χ0n) is 15.8. The molecule has 2 N–H and O–H groups in total. The first-order valence-corrected chi connectivity index (χ1v) is 9.92. The van der Waals surface area contributed by atoms with Gasteiger partial charge in [0, 0.05) is 23.7 Å². The predicted molar refractivity (Wildman–Crippen MR) is 113 cm³/mol. The summed E-state index contributed by atoms with van der Waals surface area (Å²) in [5, 5.41) is 6.02. The van der Waals surface area contributed by atoms with Crippen LogP contribution in [-0.4, -0.2) is 27.9 Å². The Hall–Kier alpha value is -3.19. The van der Waals surface area contributed by atoms with Crippen LogP contribution in [0, 0.1) is 0 Å². The molecular weight excluding hydrogens is 370 g/mol. The first-order valence-electron chi connectivity index (χ1n) is 9.04. The molecule has 0 saturated heterocycles. The maximum atomic E-state index is 12.5. The van der Waals surface area contributed by atoms with Crippen LogP contribution < -0.4 is 10.2 Å². The molecule has 0 unspecified atom stereocenters. The molecule has 0 atom stereocenters. The largest absolute Gasteiger partial charge is 0.324 e. The van der Waals surface area contributed by atoms with Gasteiger partial charge in [-0.25, -0.2) is 9.97 Å². The second-order valence-corrected chi connectivity index (χ2v) is 8.34. The molecular formula is C21H19N5OS. The number of carbonyl (C=O) groups excluding carboxylic acids is 1. The third kappa shape index (κ3) is 2.51. The first-order chi connectivity index (χ1) is 13.4. The van der Waals surface area contributed by atoms with Crippen LogP contribution in [-0.2, 0) is 10.2 Å². The topological polar surface area (TPSA) is 73.9 Å². The fourth-order valence-electron chi connectivity index (χ4n) is 3.71. The molecule has 1 aliphatic heterocycles. The van der Waals surface area contributed by atoms with E-state index in [4.69, 9.17) is 4.98 Å². The maximum Gasteiger partial charge on any atom is 0.236 e. The molecule has 7 heteroatoms. The van der Waals surface area contributed by atoms with Crippen molar-refractivity contribution in [2.45, 2.75) is 19.3 Å². The molecule has 0 aliphatic carbocycles. The fourth-order valence-corrected chi connectivity index (χ4v) is 4.43. The van der Waals surface area contributed by atoms with Crippen molar-refractivity contribution >= 4 is 45.0 Å². The van der Waals surface area contributed by atoms with E-state index in [1.165, 1.54) is 11.3 Å². The number of aromatic nitrogens is 3. The van der Waals surface area contributed by atoms with Crippen molar-refractivity contribution in [3.8, 4) is 11.3 Å². The third-order valence-electron chi connectivity index (χ3n) is 5.29. The minimum absolute atomic E-state index is 0.116. The number of imidazole rings is 1. The second-order valence-electron chi connectivity index (χ2n) is 7.49. The van der Waals surface area contributed by atoms with Crippen LogP contribution in [0.4, 0.5) is 16.8 Å². The smallest absolute Gasteiger partial charge is 0.236 e. The van der Waals surface area contributed by atoms with E-state index >= 15 is 0 Å². The molecule has 2 aromatic carbocycles. The highest BCUT2D eigenvalue weighted by Gasteiger charge is 2.42. The summed E-state index contributed by atoms with van der Waals surface area (Å²) in [6.45, 7) is 3.94. The Morgan fingerprint density at radius 3 is 2.79 bits per heavy atom. The number of thiazole rings is 1. The number of fused-ring (bicyclic) bond motifs is 2. The molecule has 5 rings (SSSR count). The Bertz CT molecular complexity index is 1190. The quantitative estimate of drug-likeness (QED) is 0.533. The monoisotopic (exact) mass is 389 g/mol. The van der Waals surface area contributed by atoms with Crippen molar-refractivity contribution in [2.24, 2.45) is 0 Å². The lowest BCUT2D eigenvalue weighted by atomic mass is 9.85. The summed E-state index contributed by atoms with van der Waals surface area (Å²) >= 11 is 1.52. The Kier molecular flexibility index (Phi) is 3.57. The van der Waals surface area contributed by atoms with Gasteiger partial charge in [-0.05, 0) is 43.7 Å². The number of amides is 1. The lowest BCUT2D eigenvalue weighted by Crippen LogP contribution is -2.33. The molecule has 0 spiro atoms. The Morgan fingerprint density at radius 2 is 1.96 bits per heavy atom. The molecule has 28 heavy (non-hydrogen) atoms. The molecule has 0 bridgehead atoms. The maximum absolute atomic E-state index is 12.5. The average molecular weight is 389 g/mol. The third-order valence-corrected chi connectivity index (χ3v) is 6.04. The van der Waals surface area contributed by atoms with Gasteiger partial charge in [-0.2, -0.15) is 0 Å². The van der Waals surface area contributed by atoms with Gasteiger partial charge in [-0.3, -0.25) is 4.79 Å². The number of hydrogen-bond acceptors (Lipinski definition) is 5. The number of hydrogen-bond donors (Lipinski definition) is 2. The molecule has 6 nitrogen and oxygen atoms in total. The van der Waals surface area contributed by atoms with Gasteiger partial charge < -0.3 is 15.2 Å². The van der Waals surface area contributed by atoms with Crippen LogP contribution in [0.1, 0.15) is 19.4 Å².